The van der Waals surface area contributed by atoms with Gasteiger partial charge >= 0.3 is 5.97 Å². The SMILES string of the molecule is COC(=O)c1ccc(N)c(N(CCC#N)C2CC2)c1. The van der Waals surface area contributed by atoms with Gasteiger partial charge in [0.2, 0.25) is 0 Å². The van der Waals surface area contributed by atoms with Crippen LogP contribution in [-0.4, -0.2) is 25.7 Å². The number of ether oxygens (including phenoxy) is 1. The zero-order chi connectivity index (χ0) is 13.8. The number of rotatable bonds is 5. The van der Waals surface area contributed by atoms with Crippen molar-refractivity contribution in [2.24, 2.45) is 0 Å². The molecular formula is C14H17N3O2. The molecule has 1 fully saturated rings. The van der Waals surface area contributed by atoms with E-state index in [1.807, 2.05) is 0 Å². The lowest BCUT2D eigenvalue weighted by molar-refractivity contribution is 0.0601. The average Bonchev–Trinajstić information content (AvgIpc) is 3.24. The predicted octanol–water partition coefficient (Wildman–Crippen LogP) is 1.94. The Kier molecular flexibility index (Phi) is 3.91. The van der Waals surface area contributed by atoms with E-state index in [1.165, 1.54) is 7.11 Å². The third-order valence-electron chi connectivity index (χ3n) is 3.21. The number of methoxy groups -OCH3 is 1. The molecule has 1 aromatic rings. The fourth-order valence-electron chi connectivity index (χ4n) is 2.09. The molecule has 1 saturated carbocycles. The van der Waals surface area contributed by atoms with Crippen molar-refractivity contribution in [1.82, 2.24) is 0 Å². The summed E-state index contributed by atoms with van der Waals surface area (Å²) >= 11 is 0. The van der Waals surface area contributed by atoms with Gasteiger partial charge in [-0.1, -0.05) is 0 Å². The van der Waals surface area contributed by atoms with E-state index in [1.54, 1.807) is 18.2 Å². The first-order valence-electron chi connectivity index (χ1n) is 6.28. The maximum Gasteiger partial charge on any atom is 0.337 e. The second-order valence-corrected chi connectivity index (χ2v) is 4.60. The smallest absolute Gasteiger partial charge is 0.337 e. The molecule has 0 unspecified atom stereocenters. The molecule has 1 aliphatic carbocycles. The Balaban J connectivity index is 2.29. The van der Waals surface area contributed by atoms with E-state index in [2.05, 4.69) is 11.0 Å². The molecule has 0 saturated heterocycles. The summed E-state index contributed by atoms with van der Waals surface area (Å²) in [4.78, 5) is 13.7. The van der Waals surface area contributed by atoms with E-state index in [9.17, 15) is 4.79 Å². The fourth-order valence-corrected chi connectivity index (χ4v) is 2.09. The second kappa shape index (κ2) is 5.61. The summed E-state index contributed by atoms with van der Waals surface area (Å²) in [7, 11) is 1.35. The van der Waals surface area contributed by atoms with Crippen LogP contribution in [0.25, 0.3) is 0 Å². The standard InChI is InChI=1S/C14H17N3O2/c1-19-14(18)10-3-6-12(16)13(9-10)17(8-2-7-15)11-4-5-11/h3,6,9,11H,2,4-5,8,16H2,1H3. The first-order valence-corrected chi connectivity index (χ1v) is 6.28. The van der Waals surface area contributed by atoms with E-state index < -0.39 is 0 Å². The highest BCUT2D eigenvalue weighted by Gasteiger charge is 2.30. The Bertz CT molecular complexity index is 518. The van der Waals surface area contributed by atoms with Crippen LogP contribution < -0.4 is 10.6 Å². The van der Waals surface area contributed by atoms with Gasteiger partial charge in [0.25, 0.3) is 0 Å². The molecule has 100 valence electrons. The zero-order valence-corrected chi connectivity index (χ0v) is 10.9. The van der Waals surface area contributed by atoms with Gasteiger partial charge in [-0.3, -0.25) is 0 Å². The largest absolute Gasteiger partial charge is 0.465 e. The zero-order valence-electron chi connectivity index (χ0n) is 10.9. The van der Waals surface area contributed by atoms with Crippen LogP contribution >= 0.6 is 0 Å². The van der Waals surface area contributed by atoms with Crippen LogP contribution in [0.15, 0.2) is 18.2 Å². The van der Waals surface area contributed by atoms with Crippen molar-refractivity contribution in [3.63, 3.8) is 0 Å². The first-order chi connectivity index (χ1) is 9.17. The van der Waals surface area contributed by atoms with Crippen LogP contribution in [0.3, 0.4) is 0 Å². The van der Waals surface area contributed by atoms with E-state index in [-0.39, 0.29) is 5.97 Å². The molecule has 19 heavy (non-hydrogen) atoms. The first kappa shape index (κ1) is 13.2. The third-order valence-corrected chi connectivity index (χ3v) is 3.21. The Labute approximate surface area is 112 Å². The minimum absolute atomic E-state index is 0.378. The average molecular weight is 259 g/mol. The Morgan fingerprint density at radius 3 is 2.89 bits per heavy atom. The molecule has 5 nitrogen and oxygen atoms in total. The minimum Gasteiger partial charge on any atom is -0.465 e. The second-order valence-electron chi connectivity index (χ2n) is 4.60. The number of nitriles is 1. The number of nitrogens with two attached hydrogens (primary N) is 1. The number of carbonyl (C=O) groups is 1. The Hall–Kier alpha value is -2.22. The fraction of sp³-hybridized carbons (Fsp3) is 0.429. The molecule has 2 rings (SSSR count). The van der Waals surface area contributed by atoms with Gasteiger partial charge in [0.1, 0.15) is 0 Å². The van der Waals surface area contributed by atoms with Crippen LogP contribution in [0.1, 0.15) is 29.6 Å². The monoisotopic (exact) mass is 259 g/mol. The summed E-state index contributed by atoms with van der Waals surface area (Å²) in [5, 5.41) is 8.73. The van der Waals surface area contributed by atoms with E-state index in [0.717, 1.165) is 18.5 Å². The molecule has 0 atom stereocenters. The summed E-state index contributed by atoms with van der Waals surface area (Å²) in [5.41, 5.74) is 7.92. The van der Waals surface area contributed by atoms with Gasteiger partial charge < -0.3 is 15.4 Å². The molecule has 0 aliphatic heterocycles. The molecule has 0 aromatic heterocycles. The van der Waals surface area contributed by atoms with Gasteiger partial charge in [0, 0.05) is 12.6 Å². The number of nitrogens with zero attached hydrogens (tertiary/aromatic N) is 2. The number of hydrogen-bond donors (Lipinski definition) is 1. The summed E-state index contributed by atoms with van der Waals surface area (Å²) in [6.45, 7) is 0.635. The van der Waals surface area contributed by atoms with Gasteiger partial charge in [-0.25, -0.2) is 4.79 Å². The highest BCUT2D eigenvalue weighted by molar-refractivity contribution is 5.92. The number of esters is 1. The summed E-state index contributed by atoms with van der Waals surface area (Å²) in [6.07, 6.45) is 2.65. The molecular weight excluding hydrogens is 242 g/mol. The predicted molar refractivity (Wildman–Crippen MR) is 72.8 cm³/mol. The maximum absolute atomic E-state index is 11.6. The summed E-state index contributed by atoms with van der Waals surface area (Å²) in [6, 6.07) is 7.69. The van der Waals surface area contributed by atoms with Crippen molar-refractivity contribution >= 4 is 17.3 Å². The minimum atomic E-state index is -0.378. The van der Waals surface area contributed by atoms with Crippen molar-refractivity contribution in [2.45, 2.75) is 25.3 Å². The highest BCUT2D eigenvalue weighted by Crippen LogP contribution is 2.35. The van der Waals surface area contributed by atoms with Crippen molar-refractivity contribution < 1.29 is 9.53 Å². The molecule has 2 N–H and O–H groups in total. The van der Waals surface area contributed by atoms with Gasteiger partial charge in [-0.2, -0.15) is 5.26 Å². The Morgan fingerprint density at radius 1 is 1.58 bits per heavy atom. The molecule has 1 aromatic carbocycles. The number of nitrogen functional groups attached to an aromatic ring is 1. The highest BCUT2D eigenvalue weighted by atomic mass is 16.5. The molecule has 0 heterocycles. The summed E-state index contributed by atoms with van der Waals surface area (Å²) < 4.78 is 4.72. The van der Waals surface area contributed by atoms with E-state index in [0.29, 0.717) is 30.3 Å². The number of carbonyl (C=O) groups excluding carboxylic acids is 1. The van der Waals surface area contributed by atoms with Crippen molar-refractivity contribution in [3.05, 3.63) is 23.8 Å². The van der Waals surface area contributed by atoms with Crippen LogP contribution in [-0.2, 0) is 4.74 Å². The van der Waals surface area contributed by atoms with Crippen LogP contribution in [0, 0.1) is 11.3 Å². The molecule has 1 aliphatic rings. The van der Waals surface area contributed by atoms with Gasteiger partial charge in [0.15, 0.2) is 0 Å². The van der Waals surface area contributed by atoms with E-state index >= 15 is 0 Å². The van der Waals surface area contributed by atoms with Crippen LogP contribution in [0.2, 0.25) is 0 Å². The van der Waals surface area contributed by atoms with Crippen molar-refractivity contribution in [1.29, 1.82) is 5.26 Å². The lowest BCUT2D eigenvalue weighted by atomic mass is 10.1. The number of benzene rings is 1. The number of anilines is 2. The quantitative estimate of drug-likeness (QED) is 0.645. The third kappa shape index (κ3) is 2.97. The Morgan fingerprint density at radius 2 is 2.32 bits per heavy atom. The molecule has 0 spiro atoms. The van der Waals surface area contributed by atoms with Gasteiger partial charge in [0.05, 0.1) is 36.5 Å². The normalized spacial score (nSPS) is 13.7. The van der Waals surface area contributed by atoms with E-state index in [4.69, 9.17) is 15.7 Å². The molecule has 0 amide bonds. The molecule has 0 radical (unpaired) electrons. The topological polar surface area (TPSA) is 79.3 Å². The lowest BCUT2D eigenvalue weighted by Gasteiger charge is -2.25. The maximum atomic E-state index is 11.6. The molecule has 0 bridgehead atoms. The van der Waals surface area contributed by atoms with Gasteiger partial charge in [-0.15, -0.1) is 0 Å². The van der Waals surface area contributed by atoms with Crippen molar-refractivity contribution in [2.75, 3.05) is 24.3 Å². The van der Waals surface area contributed by atoms with Crippen LogP contribution in [0.4, 0.5) is 11.4 Å². The van der Waals surface area contributed by atoms with Crippen molar-refractivity contribution in [3.8, 4) is 6.07 Å². The van der Waals surface area contributed by atoms with Gasteiger partial charge in [-0.05, 0) is 31.0 Å². The lowest BCUT2D eigenvalue weighted by Crippen LogP contribution is -2.27. The summed E-state index contributed by atoms with van der Waals surface area (Å²) in [5.74, 6) is -0.378. The molecule has 5 heteroatoms. The number of hydrogen-bond acceptors (Lipinski definition) is 5. The van der Waals surface area contributed by atoms with Crippen LogP contribution in [0.5, 0.6) is 0 Å².